The zero-order chi connectivity index (χ0) is 18.2. The Labute approximate surface area is 151 Å². The van der Waals surface area contributed by atoms with Crippen LogP contribution in [0.3, 0.4) is 0 Å². The van der Waals surface area contributed by atoms with Gasteiger partial charge in [-0.2, -0.15) is 5.10 Å². The van der Waals surface area contributed by atoms with E-state index in [0.717, 1.165) is 5.56 Å². The molecule has 0 bridgehead atoms. The summed E-state index contributed by atoms with van der Waals surface area (Å²) in [7, 11) is 0. The van der Waals surface area contributed by atoms with Gasteiger partial charge in [-0.15, -0.1) is 0 Å². The maximum atomic E-state index is 12.9. The highest BCUT2D eigenvalue weighted by Gasteiger charge is 2.40. The van der Waals surface area contributed by atoms with E-state index >= 15 is 0 Å². The molecule has 1 fully saturated rings. The Morgan fingerprint density at radius 1 is 1.32 bits per heavy atom. The van der Waals surface area contributed by atoms with E-state index < -0.39 is 11.4 Å². The zero-order valence-electron chi connectivity index (χ0n) is 14.2. The lowest BCUT2D eigenvalue weighted by Gasteiger charge is -2.37. The van der Waals surface area contributed by atoms with Crippen molar-refractivity contribution in [3.05, 3.63) is 46.7 Å². The molecule has 2 heterocycles. The number of carbonyl (C=O) groups excluding carboxylic acids is 1. The lowest BCUT2D eigenvalue weighted by molar-refractivity contribution is -0.150. The molecule has 0 aliphatic carbocycles. The monoisotopic (exact) mass is 361 g/mol. The van der Waals surface area contributed by atoms with Crippen LogP contribution in [0.5, 0.6) is 0 Å². The molecule has 1 atom stereocenters. The molecule has 1 aromatic heterocycles. The van der Waals surface area contributed by atoms with Crippen LogP contribution in [0.1, 0.15) is 35.8 Å². The van der Waals surface area contributed by atoms with Crippen molar-refractivity contribution in [1.29, 1.82) is 0 Å². The van der Waals surface area contributed by atoms with Crippen LogP contribution in [0.4, 0.5) is 0 Å². The van der Waals surface area contributed by atoms with Gasteiger partial charge in [-0.05, 0) is 38.8 Å². The lowest BCUT2D eigenvalue weighted by atomic mass is 9.82. The Morgan fingerprint density at radius 3 is 2.72 bits per heavy atom. The summed E-state index contributed by atoms with van der Waals surface area (Å²) in [5.74, 6) is -1.11. The number of benzene rings is 1. The van der Waals surface area contributed by atoms with Crippen LogP contribution < -0.4 is 0 Å². The molecule has 1 amide bonds. The van der Waals surface area contributed by atoms with Crippen LogP contribution >= 0.6 is 11.6 Å². The highest BCUT2D eigenvalue weighted by molar-refractivity contribution is 6.32. The molecule has 1 aliphatic rings. The molecule has 132 valence electrons. The molecule has 1 saturated heterocycles. The largest absolute Gasteiger partial charge is 0.481 e. The summed E-state index contributed by atoms with van der Waals surface area (Å²) in [6.45, 7) is 4.23. The Hall–Kier alpha value is -2.34. The number of carbonyl (C=O) groups is 2. The molecular formula is C18H20ClN3O3. The first-order valence-corrected chi connectivity index (χ1v) is 8.53. The smallest absolute Gasteiger partial charge is 0.311 e. The van der Waals surface area contributed by atoms with Crippen molar-refractivity contribution in [2.24, 2.45) is 5.41 Å². The molecule has 3 rings (SSSR count). The highest BCUT2D eigenvalue weighted by Crippen LogP contribution is 2.31. The Bertz CT molecular complexity index is 833. The summed E-state index contributed by atoms with van der Waals surface area (Å²) in [5.41, 5.74) is 0.843. The number of hydrogen-bond donors (Lipinski definition) is 1. The second kappa shape index (κ2) is 6.52. The quantitative estimate of drug-likeness (QED) is 0.911. The highest BCUT2D eigenvalue weighted by atomic mass is 35.5. The molecule has 1 unspecified atom stereocenters. The number of carboxylic acid groups (broad SMARTS) is 1. The van der Waals surface area contributed by atoms with Crippen LogP contribution in [0, 0.1) is 12.3 Å². The molecule has 6 nitrogen and oxygen atoms in total. The van der Waals surface area contributed by atoms with Crippen molar-refractivity contribution in [3.63, 3.8) is 0 Å². The minimum Gasteiger partial charge on any atom is -0.481 e. The van der Waals surface area contributed by atoms with Gasteiger partial charge in [-0.25, -0.2) is 4.68 Å². The predicted molar refractivity (Wildman–Crippen MR) is 94.2 cm³/mol. The van der Waals surface area contributed by atoms with Crippen LogP contribution in [0.25, 0.3) is 5.69 Å². The minimum atomic E-state index is -0.910. The first-order chi connectivity index (χ1) is 11.8. The second-order valence-electron chi connectivity index (χ2n) is 6.75. The van der Waals surface area contributed by atoms with Crippen molar-refractivity contribution in [1.82, 2.24) is 14.7 Å². The first kappa shape index (κ1) is 17.5. The Morgan fingerprint density at radius 2 is 2.04 bits per heavy atom. The Kier molecular flexibility index (Phi) is 4.56. The van der Waals surface area contributed by atoms with Gasteiger partial charge in [-0.3, -0.25) is 9.59 Å². The summed E-state index contributed by atoms with van der Waals surface area (Å²) >= 11 is 6.20. The third-order valence-electron chi connectivity index (χ3n) is 4.70. The molecule has 1 aromatic carbocycles. The van der Waals surface area contributed by atoms with Crippen LogP contribution in [0.15, 0.2) is 30.5 Å². The van der Waals surface area contributed by atoms with Crippen molar-refractivity contribution in [2.45, 2.75) is 26.7 Å². The minimum absolute atomic E-state index is 0.194. The van der Waals surface area contributed by atoms with Gasteiger partial charge in [0, 0.05) is 24.8 Å². The number of piperidine rings is 1. The van der Waals surface area contributed by atoms with Crippen molar-refractivity contribution < 1.29 is 14.7 Å². The fraction of sp³-hybridized carbons (Fsp3) is 0.389. The van der Waals surface area contributed by atoms with Crippen LogP contribution in [-0.4, -0.2) is 44.8 Å². The van der Waals surface area contributed by atoms with E-state index in [1.54, 1.807) is 28.8 Å². The summed E-state index contributed by atoms with van der Waals surface area (Å²) < 4.78 is 1.59. The third kappa shape index (κ3) is 3.26. The maximum absolute atomic E-state index is 12.9. The fourth-order valence-corrected chi connectivity index (χ4v) is 3.39. The zero-order valence-corrected chi connectivity index (χ0v) is 15.0. The molecule has 7 heteroatoms. The Balaban J connectivity index is 1.88. The molecule has 0 radical (unpaired) electrons. The predicted octanol–water partition coefficient (Wildman–Crippen LogP) is 3.16. The number of likely N-dealkylation sites (tertiary alicyclic amines) is 1. The number of amides is 1. The van der Waals surface area contributed by atoms with Crippen molar-refractivity contribution >= 4 is 23.5 Å². The van der Waals surface area contributed by atoms with E-state index in [-0.39, 0.29) is 12.5 Å². The fourth-order valence-electron chi connectivity index (χ4n) is 3.17. The molecule has 0 saturated carbocycles. The standard InChI is InChI=1S/C18H20ClN3O3/c1-12-10-22(14-7-4-3-6-13(14)19)20-15(12)16(23)21-9-5-8-18(2,11-21)17(24)25/h3-4,6-7,10H,5,8-9,11H2,1-2H3,(H,24,25). The number of carboxylic acids is 1. The SMILES string of the molecule is Cc1cn(-c2ccccc2Cl)nc1C(=O)N1CCCC(C)(C(=O)O)C1. The summed E-state index contributed by atoms with van der Waals surface area (Å²) in [6.07, 6.45) is 2.99. The van der Waals surface area contributed by atoms with E-state index in [1.807, 2.05) is 25.1 Å². The van der Waals surface area contributed by atoms with Crippen LogP contribution in [-0.2, 0) is 4.79 Å². The van der Waals surface area contributed by atoms with Crippen molar-refractivity contribution in [2.75, 3.05) is 13.1 Å². The number of halogens is 1. The normalized spacial score (nSPS) is 20.5. The number of aromatic nitrogens is 2. The number of aliphatic carboxylic acids is 1. The number of aryl methyl sites for hydroxylation is 1. The van der Waals surface area contributed by atoms with Gasteiger partial charge in [0.25, 0.3) is 5.91 Å². The lowest BCUT2D eigenvalue weighted by Crippen LogP contribution is -2.48. The molecule has 2 aromatic rings. The number of para-hydroxylation sites is 1. The van der Waals surface area contributed by atoms with Gasteiger partial charge in [0.15, 0.2) is 5.69 Å². The van der Waals surface area contributed by atoms with E-state index in [1.165, 1.54) is 0 Å². The van der Waals surface area contributed by atoms with E-state index in [9.17, 15) is 14.7 Å². The maximum Gasteiger partial charge on any atom is 0.311 e. The van der Waals surface area contributed by atoms with E-state index in [2.05, 4.69) is 5.10 Å². The average Bonchev–Trinajstić information content (AvgIpc) is 2.96. The summed E-state index contributed by atoms with van der Waals surface area (Å²) in [5, 5.41) is 14.4. The number of rotatable bonds is 3. The molecule has 1 N–H and O–H groups in total. The van der Waals surface area contributed by atoms with Gasteiger partial charge in [0.1, 0.15) is 0 Å². The van der Waals surface area contributed by atoms with E-state index in [4.69, 9.17) is 11.6 Å². The first-order valence-electron chi connectivity index (χ1n) is 8.16. The van der Waals surface area contributed by atoms with Gasteiger partial charge >= 0.3 is 5.97 Å². The molecule has 1 aliphatic heterocycles. The number of hydrogen-bond acceptors (Lipinski definition) is 3. The second-order valence-corrected chi connectivity index (χ2v) is 7.16. The third-order valence-corrected chi connectivity index (χ3v) is 5.02. The molecule has 0 spiro atoms. The van der Waals surface area contributed by atoms with Crippen molar-refractivity contribution in [3.8, 4) is 5.69 Å². The van der Waals surface area contributed by atoms with Gasteiger partial charge in [0.2, 0.25) is 0 Å². The molecule has 25 heavy (non-hydrogen) atoms. The van der Waals surface area contributed by atoms with Crippen LogP contribution in [0.2, 0.25) is 5.02 Å². The van der Waals surface area contributed by atoms with Gasteiger partial charge in [-0.1, -0.05) is 23.7 Å². The summed E-state index contributed by atoms with van der Waals surface area (Å²) in [6, 6.07) is 7.27. The average molecular weight is 362 g/mol. The van der Waals surface area contributed by atoms with Gasteiger partial charge in [0.05, 0.1) is 16.1 Å². The van der Waals surface area contributed by atoms with Gasteiger partial charge < -0.3 is 10.0 Å². The van der Waals surface area contributed by atoms with E-state index in [0.29, 0.717) is 35.8 Å². The molecular weight excluding hydrogens is 342 g/mol. The topological polar surface area (TPSA) is 75.4 Å². The number of nitrogens with zero attached hydrogens (tertiary/aromatic N) is 3. The summed E-state index contributed by atoms with van der Waals surface area (Å²) in [4.78, 5) is 26.0.